The second kappa shape index (κ2) is 8.09. The minimum Gasteiger partial charge on any atom is -0.488 e. The Morgan fingerprint density at radius 2 is 1.86 bits per heavy atom. The Morgan fingerprint density at radius 1 is 1.14 bits per heavy atom. The van der Waals surface area contributed by atoms with Crippen LogP contribution in [0, 0.1) is 13.8 Å². The van der Waals surface area contributed by atoms with Crippen LogP contribution in [0.2, 0.25) is 0 Å². The highest BCUT2D eigenvalue weighted by molar-refractivity contribution is 5.97. The summed E-state index contributed by atoms with van der Waals surface area (Å²) in [6.45, 7) is 5.16. The van der Waals surface area contributed by atoms with E-state index in [0.29, 0.717) is 31.0 Å². The average Bonchev–Trinajstić information content (AvgIpc) is 3.29. The minimum absolute atomic E-state index is 0.0618. The maximum absolute atomic E-state index is 13.2. The highest BCUT2D eigenvalue weighted by Gasteiger charge is 2.35. The van der Waals surface area contributed by atoms with Gasteiger partial charge in [-0.25, -0.2) is 0 Å². The van der Waals surface area contributed by atoms with Crippen LogP contribution < -0.4 is 10.5 Å². The number of aryl methyl sites for hydroxylation is 2. The molecule has 29 heavy (non-hydrogen) atoms. The Morgan fingerprint density at radius 3 is 2.59 bits per heavy atom. The summed E-state index contributed by atoms with van der Waals surface area (Å²) in [5.41, 5.74) is 9.77. The number of para-hydroxylation sites is 1. The second-order valence-corrected chi connectivity index (χ2v) is 7.48. The van der Waals surface area contributed by atoms with E-state index in [-0.39, 0.29) is 17.9 Å². The van der Waals surface area contributed by atoms with E-state index in [1.165, 1.54) is 5.56 Å². The number of nitrogens with zero attached hydrogens (tertiary/aromatic N) is 2. The van der Waals surface area contributed by atoms with Gasteiger partial charge in [0, 0.05) is 25.0 Å². The largest absolute Gasteiger partial charge is 0.488 e. The first kappa shape index (κ1) is 19.2. The molecule has 4 rings (SSSR count). The Bertz CT molecular complexity index is 980. The number of benzene rings is 2. The zero-order chi connectivity index (χ0) is 20.4. The molecule has 2 aromatic carbocycles. The molecule has 2 N–H and O–H groups in total. The molecule has 1 saturated heterocycles. The summed E-state index contributed by atoms with van der Waals surface area (Å²) in [6.07, 6.45) is 0. The van der Waals surface area contributed by atoms with Gasteiger partial charge in [0.25, 0.3) is 5.91 Å². The van der Waals surface area contributed by atoms with Crippen molar-refractivity contribution in [2.24, 2.45) is 5.73 Å². The average molecular weight is 391 g/mol. The van der Waals surface area contributed by atoms with Crippen LogP contribution in [0.3, 0.4) is 0 Å². The monoisotopic (exact) mass is 391 g/mol. The van der Waals surface area contributed by atoms with Crippen molar-refractivity contribution in [2.45, 2.75) is 32.4 Å². The molecule has 0 saturated carbocycles. The third-order valence-corrected chi connectivity index (χ3v) is 5.55. The maximum atomic E-state index is 13.2. The van der Waals surface area contributed by atoms with Crippen molar-refractivity contribution in [1.29, 1.82) is 0 Å². The number of ether oxygens (including phenoxy) is 1. The highest BCUT2D eigenvalue weighted by Crippen LogP contribution is 2.29. The smallest absolute Gasteiger partial charge is 0.257 e. The summed E-state index contributed by atoms with van der Waals surface area (Å²) in [7, 11) is 0. The van der Waals surface area contributed by atoms with Gasteiger partial charge in [0.15, 0.2) is 0 Å². The first-order chi connectivity index (χ1) is 14.0. The fourth-order valence-corrected chi connectivity index (χ4v) is 3.85. The van der Waals surface area contributed by atoms with Gasteiger partial charge in [-0.1, -0.05) is 47.6 Å². The second-order valence-electron chi connectivity index (χ2n) is 7.48. The van der Waals surface area contributed by atoms with E-state index in [4.69, 9.17) is 15.0 Å². The van der Waals surface area contributed by atoms with Crippen LogP contribution in [0.1, 0.15) is 38.9 Å². The zero-order valence-electron chi connectivity index (χ0n) is 16.7. The van der Waals surface area contributed by atoms with Gasteiger partial charge < -0.3 is 19.9 Å². The first-order valence-electron chi connectivity index (χ1n) is 9.78. The van der Waals surface area contributed by atoms with Crippen LogP contribution in [0.15, 0.2) is 59.1 Å². The number of hydrogen-bond donors (Lipinski definition) is 1. The lowest BCUT2D eigenvalue weighted by atomic mass is 9.95. The molecule has 150 valence electrons. The number of rotatable bonds is 5. The van der Waals surface area contributed by atoms with E-state index >= 15 is 0 Å². The first-order valence-corrected chi connectivity index (χ1v) is 9.78. The highest BCUT2D eigenvalue weighted by atomic mass is 16.5. The van der Waals surface area contributed by atoms with Gasteiger partial charge >= 0.3 is 0 Å². The molecule has 1 fully saturated rings. The SMILES string of the molecule is Cc1noc(C)c1COc1ccccc1C(=O)N1C[C@@H](N)[C@H](c2ccccc2)C1. The fraction of sp³-hybridized carbons (Fsp3) is 0.304. The predicted molar refractivity (Wildman–Crippen MR) is 110 cm³/mol. The Labute approximate surface area is 170 Å². The molecule has 2 atom stereocenters. The van der Waals surface area contributed by atoms with Gasteiger partial charge in [0.2, 0.25) is 0 Å². The molecule has 1 aromatic heterocycles. The van der Waals surface area contributed by atoms with Crippen LogP contribution in [0.5, 0.6) is 5.75 Å². The van der Waals surface area contributed by atoms with E-state index in [0.717, 1.165) is 17.0 Å². The van der Waals surface area contributed by atoms with Crippen LogP contribution in [-0.2, 0) is 6.61 Å². The molecular weight excluding hydrogens is 366 g/mol. The molecule has 1 amide bonds. The molecule has 1 aliphatic rings. The van der Waals surface area contributed by atoms with Crippen LogP contribution >= 0.6 is 0 Å². The third-order valence-electron chi connectivity index (χ3n) is 5.55. The van der Waals surface area contributed by atoms with Crippen molar-refractivity contribution >= 4 is 5.91 Å². The summed E-state index contributed by atoms with van der Waals surface area (Å²) >= 11 is 0. The molecular formula is C23H25N3O3. The molecule has 0 unspecified atom stereocenters. The summed E-state index contributed by atoms with van der Waals surface area (Å²) < 4.78 is 11.2. The van der Waals surface area contributed by atoms with Crippen molar-refractivity contribution in [3.63, 3.8) is 0 Å². The van der Waals surface area contributed by atoms with Gasteiger partial charge in [0.05, 0.1) is 16.8 Å². The summed E-state index contributed by atoms with van der Waals surface area (Å²) in [4.78, 5) is 15.1. The Kier molecular flexibility index (Phi) is 5.36. The molecule has 0 bridgehead atoms. The summed E-state index contributed by atoms with van der Waals surface area (Å²) in [5.74, 6) is 1.35. The lowest BCUT2D eigenvalue weighted by molar-refractivity contribution is 0.0784. The fourth-order valence-electron chi connectivity index (χ4n) is 3.85. The number of likely N-dealkylation sites (tertiary alicyclic amines) is 1. The number of nitrogens with two attached hydrogens (primary N) is 1. The number of amides is 1. The molecule has 3 aromatic rings. The minimum atomic E-state index is -0.0864. The molecule has 0 radical (unpaired) electrons. The quantitative estimate of drug-likeness (QED) is 0.721. The van der Waals surface area contributed by atoms with E-state index in [1.54, 1.807) is 6.07 Å². The zero-order valence-corrected chi connectivity index (χ0v) is 16.7. The summed E-state index contributed by atoms with van der Waals surface area (Å²) in [5, 5.41) is 3.95. The van der Waals surface area contributed by atoms with Crippen molar-refractivity contribution in [3.8, 4) is 5.75 Å². The molecule has 6 nitrogen and oxygen atoms in total. The van der Waals surface area contributed by atoms with E-state index in [9.17, 15) is 4.79 Å². The lowest BCUT2D eigenvalue weighted by Gasteiger charge is -2.19. The molecule has 6 heteroatoms. The van der Waals surface area contributed by atoms with Gasteiger partial charge in [-0.2, -0.15) is 0 Å². The van der Waals surface area contributed by atoms with E-state index in [1.807, 2.05) is 55.1 Å². The van der Waals surface area contributed by atoms with Crippen LogP contribution in [-0.4, -0.2) is 35.1 Å². The van der Waals surface area contributed by atoms with Gasteiger partial charge in [0.1, 0.15) is 18.1 Å². The summed E-state index contributed by atoms with van der Waals surface area (Å²) in [6, 6.07) is 17.4. The Hall–Kier alpha value is -3.12. The number of aromatic nitrogens is 1. The van der Waals surface area contributed by atoms with Crippen molar-refractivity contribution in [1.82, 2.24) is 10.1 Å². The van der Waals surface area contributed by atoms with E-state index in [2.05, 4.69) is 17.3 Å². The number of hydrogen-bond acceptors (Lipinski definition) is 5. The predicted octanol–water partition coefficient (Wildman–Crippen LogP) is 3.44. The molecule has 0 aliphatic carbocycles. The third kappa shape index (κ3) is 3.89. The van der Waals surface area contributed by atoms with E-state index < -0.39 is 0 Å². The topological polar surface area (TPSA) is 81.6 Å². The maximum Gasteiger partial charge on any atom is 0.257 e. The Balaban J connectivity index is 1.51. The number of carbonyl (C=O) groups excluding carboxylic acids is 1. The van der Waals surface area contributed by atoms with Gasteiger partial charge in [-0.05, 0) is 31.5 Å². The normalized spacial score (nSPS) is 18.8. The van der Waals surface area contributed by atoms with Gasteiger partial charge in [-0.3, -0.25) is 4.79 Å². The standard InChI is InChI=1S/C23H25N3O3/c1-15-20(16(2)29-25-15)14-28-22-11-7-6-10-18(22)23(27)26-12-19(21(24)13-26)17-8-4-3-5-9-17/h3-11,19,21H,12-14,24H2,1-2H3/t19-,21+/m0/s1. The van der Waals surface area contributed by atoms with Crippen molar-refractivity contribution in [2.75, 3.05) is 13.1 Å². The van der Waals surface area contributed by atoms with Gasteiger partial charge in [-0.15, -0.1) is 0 Å². The van der Waals surface area contributed by atoms with Crippen LogP contribution in [0.4, 0.5) is 0 Å². The lowest BCUT2D eigenvalue weighted by Crippen LogP contribution is -2.32. The molecule has 0 spiro atoms. The molecule has 1 aliphatic heterocycles. The number of carbonyl (C=O) groups is 1. The van der Waals surface area contributed by atoms with Crippen LogP contribution in [0.25, 0.3) is 0 Å². The van der Waals surface area contributed by atoms with Crippen molar-refractivity contribution in [3.05, 3.63) is 82.7 Å². The van der Waals surface area contributed by atoms with Crippen molar-refractivity contribution < 1.29 is 14.1 Å². The molecule has 2 heterocycles.